The SMILES string of the molecule is Cn1nccc1CCC(CBr)(CBr)C1CCS(=O)(=O)C1. The highest BCUT2D eigenvalue weighted by atomic mass is 79.9. The van der Waals surface area contributed by atoms with Gasteiger partial charge in [0.05, 0.1) is 11.5 Å². The maximum absolute atomic E-state index is 11.8. The highest BCUT2D eigenvalue weighted by Gasteiger charge is 2.43. The molecule has 1 atom stereocenters. The second-order valence-corrected chi connectivity index (χ2v) is 9.03. The van der Waals surface area contributed by atoms with Crippen LogP contribution in [0.2, 0.25) is 0 Å². The predicted octanol–water partition coefficient (Wildman–Crippen LogP) is 2.56. The average molecular weight is 428 g/mol. The summed E-state index contributed by atoms with van der Waals surface area (Å²) < 4.78 is 25.4. The van der Waals surface area contributed by atoms with E-state index >= 15 is 0 Å². The first kappa shape index (κ1) is 16.5. The zero-order valence-electron chi connectivity index (χ0n) is 11.6. The van der Waals surface area contributed by atoms with Gasteiger partial charge in [-0.25, -0.2) is 8.42 Å². The van der Waals surface area contributed by atoms with Crippen molar-refractivity contribution in [2.24, 2.45) is 18.4 Å². The van der Waals surface area contributed by atoms with Crippen LogP contribution in [0.1, 0.15) is 18.5 Å². The fourth-order valence-electron chi connectivity index (χ4n) is 2.89. The maximum atomic E-state index is 11.8. The smallest absolute Gasteiger partial charge is 0.150 e. The largest absolute Gasteiger partial charge is 0.273 e. The van der Waals surface area contributed by atoms with Crippen LogP contribution < -0.4 is 0 Å². The van der Waals surface area contributed by atoms with E-state index in [2.05, 4.69) is 37.0 Å². The molecule has 114 valence electrons. The normalized spacial score (nSPS) is 22.2. The number of hydrogen-bond acceptors (Lipinski definition) is 3. The Morgan fingerprint density at radius 3 is 2.60 bits per heavy atom. The zero-order chi connectivity index (χ0) is 14.8. The molecule has 1 aromatic rings. The van der Waals surface area contributed by atoms with Crippen molar-refractivity contribution in [3.63, 3.8) is 0 Å². The van der Waals surface area contributed by atoms with Gasteiger partial charge in [0.15, 0.2) is 9.84 Å². The number of sulfone groups is 1. The van der Waals surface area contributed by atoms with Gasteiger partial charge in [0, 0.05) is 29.6 Å². The van der Waals surface area contributed by atoms with Crippen molar-refractivity contribution in [3.8, 4) is 0 Å². The van der Waals surface area contributed by atoms with Gasteiger partial charge in [0.1, 0.15) is 0 Å². The molecule has 1 saturated heterocycles. The second-order valence-electron chi connectivity index (χ2n) is 5.68. The number of aryl methyl sites for hydroxylation is 2. The summed E-state index contributed by atoms with van der Waals surface area (Å²) in [5, 5.41) is 5.83. The summed E-state index contributed by atoms with van der Waals surface area (Å²) in [7, 11) is -0.895. The number of halogens is 2. The van der Waals surface area contributed by atoms with Crippen LogP contribution in [0.3, 0.4) is 0 Å². The average Bonchev–Trinajstić information content (AvgIpc) is 2.98. The Kier molecular flexibility index (Phi) is 5.34. The van der Waals surface area contributed by atoms with E-state index in [4.69, 9.17) is 0 Å². The molecule has 4 nitrogen and oxygen atoms in total. The van der Waals surface area contributed by atoms with E-state index in [0.29, 0.717) is 11.5 Å². The lowest BCUT2D eigenvalue weighted by atomic mass is 9.75. The van der Waals surface area contributed by atoms with Crippen LogP contribution in [0.5, 0.6) is 0 Å². The minimum absolute atomic E-state index is 0.00611. The number of hydrogen-bond donors (Lipinski definition) is 0. The molecule has 0 amide bonds. The summed E-state index contributed by atoms with van der Waals surface area (Å²) in [4.78, 5) is 0. The molecule has 20 heavy (non-hydrogen) atoms. The van der Waals surface area contributed by atoms with Crippen LogP contribution in [-0.2, 0) is 23.3 Å². The Morgan fingerprint density at radius 1 is 1.45 bits per heavy atom. The van der Waals surface area contributed by atoms with Gasteiger partial charge >= 0.3 is 0 Å². The molecule has 0 spiro atoms. The Morgan fingerprint density at radius 2 is 2.15 bits per heavy atom. The molecule has 1 fully saturated rings. The lowest BCUT2D eigenvalue weighted by Crippen LogP contribution is -2.36. The van der Waals surface area contributed by atoms with Crippen LogP contribution in [0, 0.1) is 11.3 Å². The van der Waals surface area contributed by atoms with Gasteiger partial charge in [0.25, 0.3) is 0 Å². The van der Waals surface area contributed by atoms with Crippen molar-refractivity contribution in [2.45, 2.75) is 19.3 Å². The number of aromatic nitrogens is 2. The lowest BCUT2D eigenvalue weighted by molar-refractivity contribution is 0.234. The summed E-state index contributed by atoms with van der Waals surface area (Å²) in [5.41, 5.74) is 1.19. The van der Waals surface area contributed by atoms with Crippen LogP contribution in [-0.4, -0.2) is 40.4 Å². The fraction of sp³-hybridized carbons (Fsp3) is 0.769. The van der Waals surface area contributed by atoms with E-state index in [-0.39, 0.29) is 11.3 Å². The standard InChI is InChI=1S/C13H20Br2N2O2S/c1-17-12(3-6-16-17)2-5-13(9-14,10-15)11-4-7-20(18,19)8-11/h3,6,11H,2,4-5,7-10H2,1H3. The molecule has 0 aliphatic carbocycles. The van der Waals surface area contributed by atoms with E-state index in [1.807, 2.05) is 17.8 Å². The van der Waals surface area contributed by atoms with Gasteiger partial charge in [-0.1, -0.05) is 31.9 Å². The molecular formula is C13H20Br2N2O2S. The van der Waals surface area contributed by atoms with Crippen molar-refractivity contribution < 1.29 is 8.42 Å². The molecule has 1 aromatic heterocycles. The van der Waals surface area contributed by atoms with E-state index in [0.717, 1.165) is 29.9 Å². The van der Waals surface area contributed by atoms with E-state index in [1.54, 1.807) is 6.20 Å². The first-order valence-electron chi connectivity index (χ1n) is 6.72. The molecule has 1 unspecified atom stereocenters. The molecule has 2 rings (SSSR count). The quantitative estimate of drug-likeness (QED) is 0.655. The Bertz CT molecular complexity index is 552. The van der Waals surface area contributed by atoms with Gasteiger partial charge < -0.3 is 0 Å². The van der Waals surface area contributed by atoms with Gasteiger partial charge in [-0.05, 0) is 36.7 Å². The maximum Gasteiger partial charge on any atom is 0.150 e. The van der Waals surface area contributed by atoms with Gasteiger partial charge in [-0.3, -0.25) is 4.68 Å². The third kappa shape index (κ3) is 3.47. The van der Waals surface area contributed by atoms with Crippen LogP contribution in [0.25, 0.3) is 0 Å². The monoisotopic (exact) mass is 426 g/mol. The molecule has 0 saturated carbocycles. The summed E-state index contributed by atoms with van der Waals surface area (Å²) >= 11 is 7.23. The number of rotatable bonds is 6. The molecule has 7 heteroatoms. The first-order chi connectivity index (χ1) is 9.42. The summed E-state index contributed by atoms with van der Waals surface area (Å²) in [6.45, 7) is 0. The van der Waals surface area contributed by atoms with Gasteiger partial charge in [-0.2, -0.15) is 5.10 Å². The summed E-state index contributed by atoms with van der Waals surface area (Å²) in [6.07, 6.45) is 4.47. The number of nitrogens with zero attached hydrogens (tertiary/aromatic N) is 2. The summed E-state index contributed by atoms with van der Waals surface area (Å²) in [5.74, 6) is 0.903. The third-order valence-corrected chi connectivity index (χ3v) is 8.43. The van der Waals surface area contributed by atoms with Crippen molar-refractivity contribution in [1.29, 1.82) is 0 Å². The van der Waals surface area contributed by atoms with Crippen molar-refractivity contribution in [3.05, 3.63) is 18.0 Å². The highest BCUT2D eigenvalue weighted by Crippen LogP contribution is 2.42. The summed E-state index contributed by atoms with van der Waals surface area (Å²) in [6, 6.07) is 2.03. The van der Waals surface area contributed by atoms with Gasteiger partial charge in [0.2, 0.25) is 0 Å². The predicted molar refractivity (Wildman–Crippen MR) is 88.3 cm³/mol. The molecule has 1 aliphatic rings. The third-order valence-electron chi connectivity index (χ3n) is 4.43. The molecule has 0 aromatic carbocycles. The Balaban J connectivity index is 2.11. The number of alkyl halides is 2. The van der Waals surface area contributed by atoms with E-state index in [1.165, 1.54) is 5.69 Å². The Labute approximate surface area is 137 Å². The topological polar surface area (TPSA) is 52.0 Å². The van der Waals surface area contributed by atoms with Crippen molar-refractivity contribution >= 4 is 41.7 Å². The Hall–Kier alpha value is 0.120. The zero-order valence-corrected chi connectivity index (χ0v) is 15.5. The van der Waals surface area contributed by atoms with Crippen LogP contribution in [0.4, 0.5) is 0 Å². The highest BCUT2D eigenvalue weighted by molar-refractivity contribution is 9.09. The van der Waals surface area contributed by atoms with E-state index in [9.17, 15) is 8.42 Å². The lowest BCUT2D eigenvalue weighted by Gasteiger charge is -2.35. The molecular weight excluding hydrogens is 408 g/mol. The first-order valence-corrected chi connectivity index (χ1v) is 10.8. The van der Waals surface area contributed by atoms with Crippen LogP contribution >= 0.6 is 31.9 Å². The molecule has 0 bridgehead atoms. The van der Waals surface area contributed by atoms with Gasteiger partial charge in [-0.15, -0.1) is 0 Å². The molecule has 0 radical (unpaired) electrons. The minimum atomic E-state index is -2.84. The minimum Gasteiger partial charge on any atom is -0.273 e. The molecule has 1 aliphatic heterocycles. The molecule has 0 N–H and O–H groups in total. The van der Waals surface area contributed by atoms with Crippen LogP contribution in [0.15, 0.2) is 12.3 Å². The fourth-order valence-corrected chi connectivity index (χ4v) is 7.24. The second kappa shape index (κ2) is 6.48. The van der Waals surface area contributed by atoms with Crippen molar-refractivity contribution in [1.82, 2.24) is 9.78 Å². The molecule has 2 heterocycles. The van der Waals surface area contributed by atoms with Crippen molar-refractivity contribution in [2.75, 3.05) is 22.2 Å². The van der Waals surface area contributed by atoms with E-state index < -0.39 is 9.84 Å².